The van der Waals surface area contributed by atoms with Crippen LogP contribution < -0.4 is 0 Å². The van der Waals surface area contributed by atoms with Crippen LogP contribution in [0, 0.1) is 23.7 Å². The number of benzene rings is 2. The van der Waals surface area contributed by atoms with Crippen molar-refractivity contribution in [1.29, 1.82) is 0 Å². The molecule has 0 amide bonds. The summed E-state index contributed by atoms with van der Waals surface area (Å²) in [7, 11) is 0. The molecule has 26 heavy (non-hydrogen) atoms. The van der Waals surface area contributed by atoms with Gasteiger partial charge in [-0.25, -0.2) is 4.98 Å². The van der Waals surface area contributed by atoms with Gasteiger partial charge in [0.25, 0.3) is 0 Å². The number of halogens is 1. The average Bonchev–Trinajstić information content (AvgIpc) is 2.68. The Morgan fingerprint density at radius 1 is 0.769 bits per heavy atom. The highest BCUT2D eigenvalue weighted by molar-refractivity contribution is 6.28. The fourth-order valence-electron chi connectivity index (χ4n) is 5.57. The van der Waals surface area contributed by atoms with Crippen LogP contribution in [0.1, 0.15) is 24.3 Å². The average molecular weight is 360 g/mol. The highest BCUT2D eigenvalue weighted by Gasteiger charge is 2.67. The molecule has 4 heteroatoms. The van der Waals surface area contributed by atoms with Crippen molar-refractivity contribution in [3.8, 4) is 22.8 Å². The number of nitrogens with zero attached hydrogens (tertiary/aromatic N) is 3. The van der Waals surface area contributed by atoms with Crippen LogP contribution in [0.4, 0.5) is 0 Å². The molecule has 3 aromatic rings. The third kappa shape index (κ3) is 2.04. The molecule has 3 saturated carbocycles. The topological polar surface area (TPSA) is 38.7 Å². The number of aromatic nitrogens is 3. The zero-order chi connectivity index (χ0) is 17.3. The van der Waals surface area contributed by atoms with E-state index in [2.05, 4.69) is 39.2 Å². The maximum atomic E-state index is 6.21. The minimum absolute atomic E-state index is 0.240. The second-order valence-electron chi connectivity index (χ2n) is 7.91. The summed E-state index contributed by atoms with van der Waals surface area (Å²) >= 11 is 6.21. The van der Waals surface area contributed by atoms with E-state index >= 15 is 0 Å². The minimum atomic E-state index is 0.240. The predicted molar refractivity (Wildman–Crippen MR) is 102 cm³/mol. The van der Waals surface area contributed by atoms with Crippen molar-refractivity contribution in [1.82, 2.24) is 15.0 Å². The Morgan fingerprint density at radius 3 is 2.15 bits per heavy atom. The molecule has 0 bridgehead atoms. The second kappa shape index (κ2) is 5.37. The van der Waals surface area contributed by atoms with E-state index in [4.69, 9.17) is 11.6 Å². The fourth-order valence-corrected chi connectivity index (χ4v) is 5.73. The van der Waals surface area contributed by atoms with E-state index < -0.39 is 0 Å². The van der Waals surface area contributed by atoms with Gasteiger partial charge < -0.3 is 0 Å². The molecular formula is C22H18ClN3. The van der Waals surface area contributed by atoms with Crippen LogP contribution >= 0.6 is 11.6 Å². The Labute approximate surface area is 157 Å². The number of rotatable bonds is 3. The van der Waals surface area contributed by atoms with Gasteiger partial charge in [0, 0.05) is 11.1 Å². The lowest BCUT2D eigenvalue weighted by Crippen LogP contribution is -2.65. The first kappa shape index (κ1) is 14.9. The van der Waals surface area contributed by atoms with E-state index in [0.29, 0.717) is 11.6 Å². The SMILES string of the molecule is Clc1nc(-c2ccccc2)nc(-c2cccc(C3[C@H]4CC5C[C@@H]3C54)c2)n1. The van der Waals surface area contributed by atoms with Gasteiger partial charge >= 0.3 is 0 Å². The van der Waals surface area contributed by atoms with Crippen molar-refractivity contribution in [3.63, 3.8) is 0 Å². The predicted octanol–water partition coefficient (Wildman–Crippen LogP) is 5.23. The Hall–Kier alpha value is -2.26. The smallest absolute Gasteiger partial charge is 0.208 e. The second-order valence-corrected chi connectivity index (χ2v) is 8.24. The van der Waals surface area contributed by atoms with Gasteiger partial charge in [0.2, 0.25) is 5.28 Å². The van der Waals surface area contributed by atoms with Crippen molar-refractivity contribution in [2.24, 2.45) is 23.7 Å². The molecule has 3 fully saturated rings. The summed E-state index contributed by atoms with van der Waals surface area (Å²) in [6.45, 7) is 0. The standard InChI is InChI=1S/C22H18ClN3/c23-22-25-20(12-5-2-1-3-6-12)24-21(26-22)14-8-4-7-13(9-14)18-16-10-15-11-17(18)19(15)16/h1-9,15-19H,10-11H2/t15?,16-,17+,18?,19?. The van der Waals surface area contributed by atoms with Crippen LogP contribution in [0.15, 0.2) is 54.6 Å². The van der Waals surface area contributed by atoms with Gasteiger partial charge in [-0.1, -0.05) is 48.5 Å². The number of hydrogen-bond donors (Lipinski definition) is 0. The van der Waals surface area contributed by atoms with Crippen LogP contribution in [0.5, 0.6) is 0 Å². The Kier molecular flexibility index (Phi) is 3.07. The summed E-state index contributed by atoms with van der Waals surface area (Å²) in [5, 5.41) is 0.240. The molecule has 6 rings (SSSR count). The summed E-state index contributed by atoms with van der Waals surface area (Å²) in [5.74, 6) is 5.97. The lowest BCUT2D eigenvalue weighted by molar-refractivity contribution is -0.214. The molecule has 0 spiro atoms. The van der Waals surface area contributed by atoms with Gasteiger partial charge in [0.1, 0.15) is 0 Å². The molecule has 0 saturated heterocycles. The Morgan fingerprint density at radius 2 is 1.46 bits per heavy atom. The molecule has 1 aromatic heterocycles. The van der Waals surface area contributed by atoms with Gasteiger partial charge in [0.15, 0.2) is 11.6 Å². The van der Waals surface area contributed by atoms with E-state index in [1.165, 1.54) is 18.4 Å². The monoisotopic (exact) mass is 359 g/mol. The van der Waals surface area contributed by atoms with E-state index in [1.54, 1.807) is 0 Å². The normalized spacial score (nSPS) is 30.6. The largest absolute Gasteiger partial charge is 0.226 e. The summed E-state index contributed by atoms with van der Waals surface area (Å²) in [6.07, 6.45) is 2.87. The molecule has 3 unspecified atom stereocenters. The molecule has 5 atom stereocenters. The fraction of sp³-hybridized carbons (Fsp3) is 0.318. The summed E-state index contributed by atoms with van der Waals surface area (Å²) in [4.78, 5) is 13.4. The lowest BCUT2D eigenvalue weighted by Gasteiger charge is -2.73. The number of hydrogen-bond acceptors (Lipinski definition) is 3. The van der Waals surface area contributed by atoms with Gasteiger partial charge in [-0.3, -0.25) is 0 Å². The van der Waals surface area contributed by atoms with Gasteiger partial charge in [-0.2, -0.15) is 9.97 Å². The zero-order valence-electron chi connectivity index (χ0n) is 14.2. The van der Waals surface area contributed by atoms with Gasteiger partial charge in [0.05, 0.1) is 0 Å². The molecule has 0 aliphatic heterocycles. The van der Waals surface area contributed by atoms with Crippen LogP contribution in [0.2, 0.25) is 5.28 Å². The Bertz CT molecular complexity index is 989. The minimum Gasteiger partial charge on any atom is -0.208 e. The van der Waals surface area contributed by atoms with E-state index in [0.717, 1.165) is 40.7 Å². The molecule has 0 N–H and O–H groups in total. The molecule has 0 radical (unpaired) electrons. The quantitative estimate of drug-likeness (QED) is 0.642. The van der Waals surface area contributed by atoms with E-state index in [1.807, 2.05) is 30.3 Å². The molecule has 3 aliphatic rings. The lowest BCUT2D eigenvalue weighted by atomic mass is 9.31. The van der Waals surface area contributed by atoms with E-state index in [-0.39, 0.29) is 5.28 Å². The zero-order valence-corrected chi connectivity index (χ0v) is 15.0. The third-order valence-corrected chi connectivity index (χ3v) is 6.94. The van der Waals surface area contributed by atoms with E-state index in [9.17, 15) is 0 Å². The maximum absolute atomic E-state index is 6.21. The maximum Gasteiger partial charge on any atom is 0.226 e. The van der Waals surface area contributed by atoms with Crippen LogP contribution in [0.3, 0.4) is 0 Å². The molecule has 128 valence electrons. The van der Waals surface area contributed by atoms with Crippen molar-refractivity contribution in [2.75, 3.05) is 0 Å². The summed E-state index contributed by atoms with van der Waals surface area (Å²) < 4.78 is 0. The van der Waals surface area contributed by atoms with Crippen molar-refractivity contribution in [3.05, 3.63) is 65.4 Å². The van der Waals surface area contributed by atoms with Gasteiger partial charge in [-0.05, 0) is 65.7 Å². The van der Waals surface area contributed by atoms with Crippen LogP contribution in [-0.2, 0) is 0 Å². The molecular weight excluding hydrogens is 342 g/mol. The van der Waals surface area contributed by atoms with Crippen molar-refractivity contribution >= 4 is 11.6 Å². The van der Waals surface area contributed by atoms with Crippen LogP contribution in [-0.4, -0.2) is 15.0 Å². The first-order valence-corrected chi connectivity index (χ1v) is 9.73. The molecule has 2 aromatic carbocycles. The highest BCUT2D eigenvalue weighted by Crippen LogP contribution is 2.75. The van der Waals surface area contributed by atoms with Gasteiger partial charge in [-0.15, -0.1) is 0 Å². The molecule has 1 heterocycles. The highest BCUT2D eigenvalue weighted by atomic mass is 35.5. The first-order valence-electron chi connectivity index (χ1n) is 9.35. The summed E-state index contributed by atoms with van der Waals surface area (Å²) in [5.41, 5.74) is 3.43. The first-order chi connectivity index (χ1) is 12.8. The Balaban J connectivity index is 1.38. The third-order valence-electron chi connectivity index (χ3n) is 6.78. The molecule has 3 nitrogen and oxygen atoms in total. The van der Waals surface area contributed by atoms with Crippen LogP contribution in [0.25, 0.3) is 22.8 Å². The van der Waals surface area contributed by atoms with Crippen molar-refractivity contribution in [2.45, 2.75) is 18.8 Å². The van der Waals surface area contributed by atoms with Crippen molar-refractivity contribution < 1.29 is 0 Å². The molecule has 3 aliphatic carbocycles. The summed E-state index contributed by atoms with van der Waals surface area (Å²) in [6, 6.07) is 18.7.